The van der Waals surface area contributed by atoms with E-state index in [0.29, 0.717) is 4.90 Å². The second kappa shape index (κ2) is 26.6. The van der Waals surface area contributed by atoms with Gasteiger partial charge in [0.25, 0.3) is 10.1 Å². The fraction of sp³-hybridized carbons (Fsp3) is 0.762. The molecule has 0 aliphatic rings. The Bertz CT molecular complexity index is 1120. The SMILES string of the molecule is CCCCCCCCCCCCc1cc2ccccc2c(S(=O)(=O)OCCCCCCCC)c1CCCCCCCCCCCC. The highest BCUT2D eigenvalue weighted by molar-refractivity contribution is 7.87. The molecule has 0 aliphatic carbocycles. The Morgan fingerprint density at radius 1 is 0.500 bits per heavy atom. The van der Waals surface area contributed by atoms with E-state index in [9.17, 15) is 8.42 Å². The van der Waals surface area contributed by atoms with Crippen LogP contribution in [0.3, 0.4) is 0 Å². The molecule has 0 amide bonds. The fourth-order valence-electron chi connectivity index (χ4n) is 6.90. The van der Waals surface area contributed by atoms with Gasteiger partial charge in [-0.15, -0.1) is 0 Å². The van der Waals surface area contributed by atoms with Crippen LogP contribution >= 0.6 is 0 Å². The van der Waals surface area contributed by atoms with Crippen molar-refractivity contribution in [3.8, 4) is 0 Å². The van der Waals surface area contributed by atoms with Crippen LogP contribution in [0.25, 0.3) is 10.8 Å². The first-order valence-electron chi connectivity index (χ1n) is 20.0. The predicted octanol–water partition coefficient (Wildman–Crippen LogP) is 13.8. The second-order valence-corrected chi connectivity index (χ2v) is 15.5. The maximum Gasteiger partial charge on any atom is 0.297 e. The van der Waals surface area contributed by atoms with Gasteiger partial charge in [-0.3, -0.25) is 4.18 Å². The Kier molecular flexibility index (Phi) is 23.5. The first-order chi connectivity index (χ1) is 22.5. The van der Waals surface area contributed by atoms with Gasteiger partial charge in [-0.25, -0.2) is 0 Å². The van der Waals surface area contributed by atoms with E-state index in [1.807, 2.05) is 18.2 Å². The molecular formula is C42H72O3S. The molecule has 3 nitrogen and oxygen atoms in total. The maximum atomic E-state index is 14.0. The zero-order chi connectivity index (χ0) is 33.1. The Hall–Kier alpha value is -1.39. The van der Waals surface area contributed by atoms with E-state index in [1.165, 1.54) is 134 Å². The molecule has 0 fully saturated rings. The molecule has 0 bridgehead atoms. The van der Waals surface area contributed by atoms with Crippen LogP contribution in [-0.2, 0) is 27.1 Å². The van der Waals surface area contributed by atoms with Crippen LogP contribution < -0.4 is 0 Å². The summed E-state index contributed by atoms with van der Waals surface area (Å²) in [5.74, 6) is 0. The first-order valence-corrected chi connectivity index (χ1v) is 21.4. The van der Waals surface area contributed by atoms with E-state index >= 15 is 0 Å². The smallest absolute Gasteiger partial charge is 0.266 e. The molecule has 2 aromatic carbocycles. The van der Waals surface area contributed by atoms with Crippen LogP contribution in [0.15, 0.2) is 35.2 Å². The topological polar surface area (TPSA) is 43.4 Å². The minimum absolute atomic E-state index is 0.281. The lowest BCUT2D eigenvalue weighted by atomic mass is 9.93. The Morgan fingerprint density at radius 3 is 1.41 bits per heavy atom. The van der Waals surface area contributed by atoms with Crippen LogP contribution in [0.2, 0.25) is 0 Å². The van der Waals surface area contributed by atoms with Crippen LogP contribution in [0.5, 0.6) is 0 Å². The summed E-state index contributed by atoms with van der Waals surface area (Å²) in [5.41, 5.74) is 2.27. The van der Waals surface area contributed by atoms with Crippen LogP contribution in [0.4, 0.5) is 0 Å². The fourth-order valence-corrected chi connectivity index (χ4v) is 8.34. The van der Waals surface area contributed by atoms with Gasteiger partial charge >= 0.3 is 0 Å². The predicted molar refractivity (Wildman–Crippen MR) is 202 cm³/mol. The molecule has 0 saturated heterocycles. The van der Waals surface area contributed by atoms with E-state index < -0.39 is 10.1 Å². The van der Waals surface area contributed by atoms with Crippen LogP contribution in [0.1, 0.15) is 199 Å². The number of hydrogen-bond donors (Lipinski definition) is 0. The minimum atomic E-state index is -3.85. The third-order valence-corrected chi connectivity index (χ3v) is 11.2. The summed E-state index contributed by atoms with van der Waals surface area (Å²) in [6, 6.07) is 10.4. The summed E-state index contributed by atoms with van der Waals surface area (Å²) >= 11 is 0. The third-order valence-electron chi connectivity index (χ3n) is 9.76. The number of hydrogen-bond acceptors (Lipinski definition) is 3. The zero-order valence-corrected chi connectivity index (χ0v) is 31.3. The van der Waals surface area contributed by atoms with Crippen LogP contribution in [-0.4, -0.2) is 15.0 Å². The molecule has 0 N–H and O–H groups in total. The van der Waals surface area contributed by atoms with Crippen molar-refractivity contribution in [2.45, 2.75) is 205 Å². The third kappa shape index (κ3) is 17.1. The number of fused-ring (bicyclic) bond motifs is 1. The lowest BCUT2D eigenvalue weighted by Crippen LogP contribution is -2.13. The van der Waals surface area contributed by atoms with E-state index in [4.69, 9.17) is 4.18 Å². The van der Waals surface area contributed by atoms with Gasteiger partial charge in [0, 0.05) is 5.39 Å². The summed E-state index contributed by atoms with van der Waals surface area (Å²) in [4.78, 5) is 0.467. The molecule has 0 radical (unpaired) electrons. The molecule has 0 aromatic heterocycles. The summed E-state index contributed by atoms with van der Waals surface area (Å²) in [6.07, 6.45) is 34.4. The van der Waals surface area contributed by atoms with Crippen molar-refractivity contribution in [3.63, 3.8) is 0 Å². The molecule has 264 valence electrons. The zero-order valence-electron chi connectivity index (χ0n) is 30.5. The standard InChI is InChI=1S/C42H72O3S/c1-4-7-10-13-16-18-20-22-24-27-32-38-37-39-33-29-30-35-41(39)42(46(43,44)45-36-31-26-15-12-9-6-3)40(38)34-28-25-23-21-19-17-14-11-8-5-2/h29-30,33,35,37H,4-28,31-32,34,36H2,1-3H3. The average molecular weight is 657 g/mol. The molecule has 4 heteroatoms. The lowest BCUT2D eigenvalue weighted by Gasteiger charge is -2.19. The first kappa shape index (κ1) is 40.8. The number of benzene rings is 2. The van der Waals surface area contributed by atoms with E-state index in [2.05, 4.69) is 32.9 Å². The molecule has 0 unspecified atom stereocenters. The maximum absolute atomic E-state index is 14.0. The number of aryl methyl sites for hydroxylation is 1. The molecule has 0 saturated carbocycles. The average Bonchev–Trinajstić information content (AvgIpc) is 3.05. The van der Waals surface area contributed by atoms with Crippen molar-refractivity contribution >= 4 is 20.9 Å². The van der Waals surface area contributed by atoms with Gasteiger partial charge in [-0.05, 0) is 48.6 Å². The summed E-state index contributed by atoms with van der Waals surface area (Å²) in [7, 11) is -3.85. The van der Waals surface area contributed by atoms with Gasteiger partial charge < -0.3 is 0 Å². The number of unbranched alkanes of at least 4 members (excludes halogenated alkanes) is 23. The highest BCUT2D eigenvalue weighted by Crippen LogP contribution is 2.34. The van der Waals surface area contributed by atoms with E-state index in [1.54, 1.807) is 0 Å². The summed E-state index contributed by atoms with van der Waals surface area (Å²) < 4.78 is 33.7. The normalized spacial score (nSPS) is 12.0. The quantitative estimate of drug-likeness (QED) is 0.0599. The number of rotatable bonds is 31. The molecule has 0 aliphatic heterocycles. The van der Waals surface area contributed by atoms with Crippen molar-refractivity contribution in [2.24, 2.45) is 0 Å². The van der Waals surface area contributed by atoms with Gasteiger partial charge in [0.15, 0.2) is 0 Å². The van der Waals surface area contributed by atoms with Gasteiger partial charge in [0.2, 0.25) is 0 Å². The molecule has 0 heterocycles. The summed E-state index contributed by atoms with van der Waals surface area (Å²) in [5, 5.41) is 1.86. The molecule has 0 atom stereocenters. The van der Waals surface area contributed by atoms with E-state index in [-0.39, 0.29) is 6.61 Å². The Labute approximate surface area is 286 Å². The Morgan fingerprint density at radius 2 is 0.913 bits per heavy atom. The molecular weight excluding hydrogens is 585 g/mol. The lowest BCUT2D eigenvalue weighted by molar-refractivity contribution is 0.306. The van der Waals surface area contributed by atoms with Gasteiger partial charge in [0.1, 0.15) is 4.90 Å². The Balaban J connectivity index is 2.09. The van der Waals surface area contributed by atoms with Crippen molar-refractivity contribution in [1.82, 2.24) is 0 Å². The highest BCUT2D eigenvalue weighted by atomic mass is 32.2. The van der Waals surface area contributed by atoms with Gasteiger partial charge in [-0.2, -0.15) is 8.42 Å². The largest absolute Gasteiger partial charge is 0.297 e. The second-order valence-electron chi connectivity index (χ2n) is 14.0. The van der Waals surface area contributed by atoms with Crippen molar-refractivity contribution in [2.75, 3.05) is 6.61 Å². The van der Waals surface area contributed by atoms with Crippen LogP contribution in [0, 0.1) is 0 Å². The minimum Gasteiger partial charge on any atom is -0.266 e. The monoisotopic (exact) mass is 657 g/mol. The molecule has 46 heavy (non-hydrogen) atoms. The molecule has 0 spiro atoms. The highest BCUT2D eigenvalue weighted by Gasteiger charge is 2.25. The van der Waals surface area contributed by atoms with E-state index in [0.717, 1.165) is 67.7 Å². The van der Waals surface area contributed by atoms with Crippen molar-refractivity contribution < 1.29 is 12.6 Å². The van der Waals surface area contributed by atoms with Crippen molar-refractivity contribution in [3.05, 3.63) is 41.5 Å². The molecule has 2 aromatic rings. The van der Waals surface area contributed by atoms with Gasteiger partial charge in [-0.1, -0.05) is 199 Å². The summed E-state index contributed by atoms with van der Waals surface area (Å²) in [6.45, 7) is 7.05. The van der Waals surface area contributed by atoms with Crippen molar-refractivity contribution in [1.29, 1.82) is 0 Å². The molecule has 2 rings (SSSR count). The van der Waals surface area contributed by atoms with Gasteiger partial charge in [0.05, 0.1) is 6.61 Å².